The van der Waals surface area contributed by atoms with Crippen LogP contribution in [0.3, 0.4) is 0 Å². The summed E-state index contributed by atoms with van der Waals surface area (Å²) in [5.74, 6) is 0.0722. The van der Waals surface area contributed by atoms with E-state index in [1.807, 2.05) is 49.1 Å². The molecule has 110 valence electrons. The molecule has 0 saturated carbocycles. The lowest BCUT2D eigenvalue weighted by Gasteiger charge is -2.33. The molecule has 1 amide bonds. The summed E-state index contributed by atoms with van der Waals surface area (Å²) in [4.78, 5) is 19.9. The maximum absolute atomic E-state index is 12.7. The van der Waals surface area contributed by atoms with Gasteiger partial charge in [0, 0.05) is 12.1 Å². The van der Waals surface area contributed by atoms with E-state index >= 15 is 0 Å². The van der Waals surface area contributed by atoms with Gasteiger partial charge in [-0.05, 0) is 13.8 Å². The first kappa shape index (κ1) is 14.2. The average molecular weight is 302 g/mol. The number of nitrogens with zero attached hydrogens (tertiary/aromatic N) is 2. The Labute approximate surface area is 128 Å². The summed E-state index contributed by atoms with van der Waals surface area (Å²) in [7, 11) is 0. The molecule has 3 rings (SSSR count). The van der Waals surface area contributed by atoms with Gasteiger partial charge in [-0.15, -0.1) is 11.3 Å². The first-order valence-electron chi connectivity index (χ1n) is 7.08. The fourth-order valence-electron chi connectivity index (χ4n) is 2.46. The fourth-order valence-corrected chi connectivity index (χ4v) is 3.49. The molecular formula is C16H18N2O2S. The van der Waals surface area contributed by atoms with Crippen molar-refractivity contribution in [3.8, 4) is 10.6 Å². The van der Waals surface area contributed by atoms with Gasteiger partial charge in [-0.1, -0.05) is 30.3 Å². The fraction of sp³-hybridized carbons (Fsp3) is 0.375. The van der Waals surface area contributed by atoms with Gasteiger partial charge in [-0.25, -0.2) is 4.98 Å². The van der Waals surface area contributed by atoms with Crippen molar-refractivity contribution in [3.63, 3.8) is 0 Å². The number of hydrogen-bond acceptors (Lipinski definition) is 4. The van der Waals surface area contributed by atoms with Crippen molar-refractivity contribution in [2.45, 2.75) is 19.9 Å². The van der Waals surface area contributed by atoms with Crippen molar-refractivity contribution in [1.29, 1.82) is 0 Å². The minimum absolute atomic E-state index is 0.0722. The summed E-state index contributed by atoms with van der Waals surface area (Å²) in [5.41, 5.74) is 1.86. The quantitative estimate of drug-likeness (QED) is 0.856. The Bertz CT molecular complexity index is 639. The van der Waals surface area contributed by atoms with E-state index in [2.05, 4.69) is 4.98 Å². The molecule has 1 aromatic carbocycles. The lowest BCUT2D eigenvalue weighted by molar-refractivity contribution is 0.00381. The van der Waals surface area contributed by atoms with Crippen LogP contribution in [0, 0.1) is 6.92 Å². The van der Waals surface area contributed by atoms with Crippen LogP contribution in [0.2, 0.25) is 0 Å². The van der Waals surface area contributed by atoms with E-state index in [9.17, 15) is 4.79 Å². The zero-order valence-electron chi connectivity index (χ0n) is 12.2. The van der Waals surface area contributed by atoms with Crippen LogP contribution in [0.1, 0.15) is 22.3 Å². The van der Waals surface area contributed by atoms with Crippen LogP contribution < -0.4 is 0 Å². The normalized spacial score (nSPS) is 18.8. The summed E-state index contributed by atoms with van der Waals surface area (Å²) in [6.07, 6.45) is 0. The number of morpholine rings is 1. The lowest BCUT2D eigenvalue weighted by atomic mass is 10.2. The third-order valence-corrected chi connectivity index (χ3v) is 4.83. The summed E-state index contributed by atoms with van der Waals surface area (Å²) < 4.78 is 5.40. The van der Waals surface area contributed by atoms with Gasteiger partial charge in [-0.3, -0.25) is 4.79 Å². The molecule has 0 bridgehead atoms. The van der Waals surface area contributed by atoms with Gasteiger partial charge in [0.15, 0.2) is 0 Å². The Hall–Kier alpha value is -1.72. The highest BCUT2D eigenvalue weighted by Gasteiger charge is 2.27. The third kappa shape index (κ3) is 2.84. The summed E-state index contributed by atoms with van der Waals surface area (Å²) in [6.45, 7) is 5.79. The van der Waals surface area contributed by atoms with Gasteiger partial charge < -0.3 is 9.64 Å². The summed E-state index contributed by atoms with van der Waals surface area (Å²) >= 11 is 1.47. The number of thiazole rings is 1. The zero-order chi connectivity index (χ0) is 14.8. The second-order valence-electron chi connectivity index (χ2n) is 5.22. The molecule has 0 aliphatic carbocycles. The molecule has 21 heavy (non-hydrogen) atoms. The second kappa shape index (κ2) is 5.95. The predicted octanol–water partition coefficient (Wildman–Crippen LogP) is 2.98. The van der Waals surface area contributed by atoms with Crippen LogP contribution in [-0.2, 0) is 4.74 Å². The van der Waals surface area contributed by atoms with E-state index in [1.54, 1.807) is 0 Å². The molecule has 1 atom stereocenters. The molecule has 2 aromatic rings. The molecule has 1 aliphatic heterocycles. The molecular weight excluding hydrogens is 284 g/mol. The first-order valence-corrected chi connectivity index (χ1v) is 7.90. The second-order valence-corrected chi connectivity index (χ2v) is 6.22. The number of ether oxygens (including phenoxy) is 1. The molecule has 0 spiro atoms. The number of aryl methyl sites for hydroxylation is 1. The van der Waals surface area contributed by atoms with Crippen molar-refractivity contribution in [1.82, 2.24) is 9.88 Å². The van der Waals surface area contributed by atoms with Gasteiger partial charge in [-0.2, -0.15) is 0 Å². The number of aromatic nitrogens is 1. The van der Waals surface area contributed by atoms with Crippen molar-refractivity contribution >= 4 is 17.2 Å². The molecule has 1 saturated heterocycles. The van der Waals surface area contributed by atoms with Crippen LogP contribution in [0.25, 0.3) is 10.6 Å². The van der Waals surface area contributed by atoms with E-state index in [0.29, 0.717) is 19.8 Å². The molecule has 5 heteroatoms. The highest BCUT2D eigenvalue weighted by atomic mass is 32.1. The molecule has 2 heterocycles. The Morgan fingerprint density at radius 2 is 2.14 bits per heavy atom. The largest absolute Gasteiger partial charge is 0.377 e. The molecule has 1 fully saturated rings. The molecule has 1 aliphatic rings. The standard InChI is InChI=1S/C16H18N2O2S/c1-11-10-20-9-8-18(11)16(19)14-12(2)17-15(21-14)13-6-4-3-5-7-13/h3-7,11H,8-10H2,1-2H3. The Morgan fingerprint density at radius 3 is 2.86 bits per heavy atom. The van der Waals surface area contributed by atoms with E-state index in [0.717, 1.165) is 21.1 Å². The number of carbonyl (C=O) groups excluding carboxylic acids is 1. The average Bonchev–Trinajstić information content (AvgIpc) is 2.90. The smallest absolute Gasteiger partial charge is 0.266 e. The number of benzene rings is 1. The maximum atomic E-state index is 12.7. The number of amides is 1. The summed E-state index contributed by atoms with van der Waals surface area (Å²) in [6, 6.07) is 10.1. The van der Waals surface area contributed by atoms with Crippen LogP contribution >= 0.6 is 11.3 Å². The zero-order valence-corrected chi connectivity index (χ0v) is 13.0. The van der Waals surface area contributed by atoms with E-state index in [4.69, 9.17) is 4.74 Å². The van der Waals surface area contributed by atoms with Crippen LogP contribution in [-0.4, -0.2) is 41.6 Å². The number of carbonyl (C=O) groups is 1. The highest BCUT2D eigenvalue weighted by Crippen LogP contribution is 2.29. The molecule has 0 radical (unpaired) electrons. The van der Waals surface area contributed by atoms with Crippen molar-refractivity contribution in [2.24, 2.45) is 0 Å². The van der Waals surface area contributed by atoms with Crippen LogP contribution in [0.15, 0.2) is 30.3 Å². The van der Waals surface area contributed by atoms with Crippen LogP contribution in [0.4, 0.5) is 0 Å². The SMILES string of the molecule is Cc1nc(-c2ccccc2)sc1C(=O)N1CCOCC1C. The van der Waals surface area contributed by atoms with Gasteiger partial charge >= 0.3 is 0 Å². The molecule has 4 nitrogen and oxygen atoms in total. The minimum atomic E-state index is 0.0722. The number of rotatable bonds is 2. The highest BCUT2D eigenvalue weighted by molar-refractivity contribution is 7.17. The Balaban J connectivity index is 1.89. The van der Waals surface area contributed by atoms with E-state index in [1.165, 1.54) is 11.3 Å². The van der Waals surface area contributed by atoms with Crippen molar-refractivity contribution in [2.75, 3.05) is 19.8 Å². The van der Waals surface area contributed by atoms with Gasteiger partial charge in [0.1, 0.15) is 9.88 Å². The first-order chi connectivity index (χ1) is 10.2. The van der Waals surface area contributed by atoms with Crippen LogP contribution in [0.5, 0.6) is 0 Å². The molecule has 1 aromatic heterocycles. The number of hydrogen-bond donors (Lipinski definition) is 0. The molecule has 0 N–H and O–H groups in total. The van der Waals surface area contributed by atoms with Gasteiger partial charge in [0.05, 0.1) is 24.9 Å². The Kier molecular flexibility index (Phi) is 4.03. The lowest BCUT2D eigenvalue weighted by Crippen LogP contribution is -2.47. The predicted molar refractivity (Wildman–Crippen MR) is 83.6 cm³/mol. The Morgan fingerprint density at radius 1 is 1.38 bits per heavy atom. The summed E-state index contributed by atoms with van der Waals surface area (Å²) in [5, 5.41) is 0.900. The minimum Gasteiger partial charge on any atom is -0.377 e. The van der Waals surface area contributed by atoms with Gasteiger partial charge in [0.25, 0.3) is 5.91 Å². The monoisotopic (exact) mass is 302 g/mol. The van der Waals surface area contributed by atoms with E-state index < -0.39 is 0 Å². The van der Waals surface area contributed by atoms with Gasteiger partial charge in [0.2, 0.25) is 0 Å². The van der Waals surface area contributed by atoms with Crippen molar-refractivity contribution < 1.29 is 9.53 Å². The van der Waals surface area contributed by atoms with E-state index in [-0.39, 0.29) is 11.9 Å². The van der Waals surface area contributed by atoms with Crippen molar-refractivity contribution in [3.05, 3.63) is 40.9 Å². The molecule has 1 unspecified atom stereocenters. The maximum Gasteiger partial charge on any atom is 0.266 e. The third-order valence-electron chi connectivity index (χ3n) is 3.64. The topological polar surface area (TPSA) is 42.4 Å².